The average Bonchev–Trinajstić information content (AvgIpc) is 1.64. The first-order valence-corrected chi connectivity index (χ1v) is 40.5. The highest BCUT2D eigenvalue weighted by Crippen LogP contribution is 2.43. The molecule has 0 aliphatic heterocycles. The number of carbonyl (C=O) groups excluding carboxylic acids is 4. The fourth-order valence-corrected chi connectivity index (χ4v) is 16.0. The molecular weight excluding hydrogens is 1600 g/mol. The van der Waals surface area contributed by atoms with E-state index in [1.165, 1.54) is 76.5 Å². The number of aromatic nitrogens is 8. The van der Waals surface area contributed by atoms with Gasteiger partial charge in [-0.2, -0.15) is 0 Å². The lowest BCUT2D eigenvalue weighted by Gasteiger charge is -2.11. The van der Waals surface area contributed by atoms with Crippen LogP contribution in [0.5, 0.6) is 0 Å². The number of nitrogens with zero attached hydrogens (tertiary/aromatic N) is 8. The number of nitrogens with one attached hydrogen (secondary N) is 8. The monoisotopic (exact) mass is 1670 g/mol. The van der Waals surface area contributed by atoms with E-state index in [4.69, 9.17) is 4.98 Å². The van der Waals surface area contributed by atoms with Gasteiger partial charge >= 0.3 is 24.1 Å². The quantitative estimate of drug-likeness (QED) is 0.0420. The van der Waals surface area contributed by atoms with E-state index >= 15 is 0 Å². The van der Waals surface area contributed by atoms with Gasteiger partial charge in [-0.25, -0.2) is 56.7 Å². The molecule has 16 aromatic rings. The average molecular weight is 1670 g/mol. The number of benzene rings is 8. The first-order valence-electron chi connectivity index (χ1n) is 37.3. The molecule has 8 aromatic carbocycles. The molecule has 16 rings (SSSR count). The van der Waals surface area contributed by atoms with Crippen LogP contribution in [0.2, 0.25) is 0 Å². The van der Waals surface area contributed by atoms with Crippen molar-refractivity contribution in [2.24, 2.45) is 0 Å². The molecule has 8 N–H and O–H groups in total. The highest BCUT2D eigenvalue weighted by Gasteiger charge is 2.22. The molecule has 120 heavy (non-hydrogen) atoms. The van der Waals surface area contributed by atoms with Gasteiger partial charge in [0, 0.05) is 106 Å². The summed E-state index contributed by atoms with van der Waals surface area (Å²) in [6.07, 6.45) is 13.7. The van der Waals surface area contributed by atoms with E-state index in [0.29, 0.717) is 38.8 Å². The van der Waals surface area contributed by atoms with Crippen LogP contribution in [-0.2, 0) is 0 Å². The number of hydrogen-bond donors (Lipinski definition) is 8. The molecule has 0 aliphatic rings. The van der Waals surface area contributed by atoms with E-state index in [9.17, 15) is 36.7 Å². The van der Waals surface area contributed by atoms with Crippen LogP contribution in [0.4, 0.5) is 82.2 Å². The zero-order valence-electron chi connectivity index (χ0n) is 65.8. The van der Waals surface area contributed by atoms with Gasteiger partial charge in [-0.05, 0) is 235 Å². The number of hydrogen-bond acceptors (Lipinski definition) is 16. The van der Waals surface area contributed by atoms with Crippen molar-refractivity contribution >= 4 is 115 Å². The molecule has 0 radical (unpaired) electrons. The molecule has 0 saturated carbocycles. The third kappa shape index (κ3) is 22.2. The van der Waals surface area contributed by atoms with Crippen LogP contribution in [0.15, 0.2) is 268 Å². The summed E-state index contributed by atoms with van der Waals surface area (Å²) in [6, 6.07) is 61.6. The Hall–Kier alpha value is -14.3. The van der Waals surface area contributed by atoms with Gasteiger partial charge in [0.15, 0.2) is 0 Å². The van der Waals surface area contributed by atoms with E-state index in [1.54, 1.807) is 104 Å². The second-order valence-corrected chi connectivity index (χ2v) is 32.0. The van der Waals surface area contributed by atoms with Crippen LogP contribution in [0, 0.1) is 78.7 Å². The summed E-state index contributed by atoms with van der Waals surface area (Å²) < 4.78 is 57.5. The van der Waals surface area contributed by atoms with Gasteiger partial charge < -0.3 is 42.5 Å². The normalized spacial score (nSPS) is 10.6. The van der Waals surface area contributed by atoms with Gasteiger partial charge in [-0.15, -0.1) is 45.3 Å². The first-order chi connectivity index (χ1) is 58.0. The van der Waals surface area contributed by atoms with Gasteiger partial charge in [-0.1, -0.05) is 77.9 Å². The SMILES string of the molecule is Cc1ccc(NC(=O)Nc2cc(-c3sc(C)nc3-c3ccncc3)ccc2F)c(F)c1.Cc1ccc(NC(=O)Nc2ccc(F)c(-c3sc(C)nc3-c3ccncc3)c2)cc1.Cc1ccc(NC(=O)Nc2cccc(-c3sc(C)nc3-c3ccncc3)c2)cc1.Cc1cccc(NC(=O)Nc2cc(-c3sc(C)nc3-c3ccncc3)ccc2F)c1. The number of pyridine rings is 4. The number of halogens is 4. The van der Waals surface area contributed by atoms with E-state index in [2.05, 4.69) is 77.4 Å². The fraction of sp³-hybridized carbons (Fsp3) is 0.0870. The van der Waals surface area contributed by atoms with Crippen LogP contribution < -0.4 is 42.5 Å². The van der Waals surface area contributed by atoms with E-state index < -0.39 is 35.5 Å². The minimum Gasteiger partial charge on any atom is -0.308 e. The van der Waals surface area contributed by atoms with Gasteiger partial charge in [0.1, 0.15) is 23.3 Å². The van der Waals surface area contributed by atoms with E-state index in [1.807, 2.05) is 188 Å². The zero-order valence-corrected chi connectivity index (χ0v) is 69.0. The zero-order chi connectivity index (χ0) is 84.3. The van der Waals surface area contributed by atoms with Gasteiger partial charge in [-0.3, -0.25) is 19.9 Å². The summed E-state index contributed by atoms with van der Waals surface area (Å²) in [6.45, 7) is 15.4. The Morgan fingerprint density at radius 1 is 0.250 bits per heavy atom. The third-order valence-corrected chi connectivity index (χ3v) is 21.9. The van der Waals surface area contributed by atoms with Crippen molar-refractivity contribution in [2.75, 3.05) is 42.5 Å². The molecule has 0 spiro atoms. The second kappa shape index (κ2) is 39.1. The summed E-state index contributed by atoms with van der Waals surface area (Å²) in [4.78, 5) is 87.7. The Morgan fingerprint density at radius 3 is 0.983 bits per heavy atom. The lowest BCUT2D eigenvalue weighted by molar-refractivity contribution is 0.261. The maximum atomic E-state index is 14.7. The Balaban J connectivity index is 0.000000138. The highest BCUT2D eigenvalue weighted by molar-refractivity contribution is 7.16. The summed E-state index contributed by atoms with van der Waals surface area (Å²) in [7, 11) is 0. The predicted molar refractivity (Wildman–Crippen MR) is 477 cm³/mol. The molecule has 600 valence electrons. The summed E-state index contributed by atoms with van der Waals surface area (Å²) >= 11 is 6.03. The van der Waals surface area contributed by atoms with Crippen LogP contribution in [0.3, 0.4) is 0 Å². The molecule has 8 heterocycles. The highest BCUT2D eigenvalue weighted by atomic mass is 32.1. The van der Waals surface area contributed by atoms with Crippen molar-refractivity contribution in [3.63, 3.8) is 0 Å². The number of aryl methyl sites for hydroxylation is 8. The minimum absolute atomic E-state index is 0.0118. The lowest BCUT2D eigenvalue weighted by Crippen LogP contribution is -2.20. The molecule has 0 fully saturated rings. The van der Waals surface area contributed by atoms with Crippen LogP contribution in [0.25, 0.3) is 86.8 Å². The number of rotatable bonds is 16. The lowest BCUT2D eigenvalue weighted by atomic mass is 10.1. The molecule has 0 unspecified atom stereocenters. The minimum atomic E-state index is -0.742. The second-order valence-electron chi connectivity index (χ2n) is 27.2. The van der Waals surface area contributed by atoms with Gasteiger partial charge in [0.05, 0.1) is 79.4 Å². The Kier molecular flexibility index (Phi) is 27.2. The maximum Gasteiger partial charge on any atom is 0.323 e. The number of carbonyl (C=O) groups is 4. The molecule has 0 bridgehead atoms. The maximum absolute atomic E-state index is 14.7. The standard InChI is InChI=1S/C23H18F2N4OS.2C23H19FN4OS.C23H20N4OS/c1-13-3-6-19(18(25)11-13)28-23(30)29-20-12-16(4-5-17(20)24)22-21(27-14(2)31-22)15-7-9-26-10-8-15;1-14-3-5-17(6-4-14)27-23(29)28-18-7-8-20(24)19(13-18)22-21(26-15(2)30-22)16-9-11-25-12-10-16;1-14-4-3-5-18(12-14)27-23(29)28-20-13-17(6-7-19(20)24)22-21(26-15(2)30-22)16-8-10-25-11-9-16;1-15-6-8-19(9-7-15)26-23(28)27-20-5-3-4-18(14-20)22-21(25-16(2)29-22)17-10-12-24-13-11-17/h3-12H,1-2H3,(H2,28,29,30);2*3-13H,1-2H3,(H2,27,28,29);3-14H,1-2H3,(H2,26,27,28). The van der Waals surface area contributed by atoms with Crippen molar-refractivity contribution < 1.29 is 36.7 Å². The van der Waals surface area contributed by atoms with Crippen LogP contribution in [-0.4, -0.2) is 64.0 Å². The van der Waals surface area contributed by atoms with Crippen LogP contribution in [0.1, 0.15) is 42.3 Å². The van der Waals surface area contributed by atoms with Gasteiger partial charge in [0.25, 0.3) is 0 Å². The van der Waals surface area contributed by atoms with E-state index in [-0.39, 0.29) is 28.9 Å². The third-order valence-electron chi connectivity index (χ3n) is 17.8. The molecule has 0 saturated heterocycles. The smallest absolute Gasteiger partial charge is 0.308 e. The number of amides is 8. The van der Waals surface area contributed by atoms with E-state index in [0.717, 1.165) is 119 Å². The molecule has 20 nitrogen and oxygen atoms in total. The van der Waals surface area contributed by atoms with Gasteiger partial charge in [0.2, 0.25) is 0 Å². The molecule has 0 aliphatic carbocycles. The number of thiazole rings is 4. The summed E-state index contributed by atoms with van der Waals surface area (Å²) in [5, 5.41) is 25.1. The molecule has 8 amide bonds. The summed E-state index contributed by atoms with van der Waals surface area (Å²) in [5.41, 5.74) is 17.1. The Morgan fingerprint density at radius 2 is 0.567 bits per heavy atom. The first kappa shape index (κ1) is 83.6. The largest absolute Gasteiger partial charge is 0.323 e. The Labute approximate surface area is 705 Å². The topological polar surface area (TPSA) is 268 Å². The van der Waals surface area contributed by atoms with Crippen molar-refractivity contribution in [3.05, 3.63) is 334 Å². The van der Waals surface area contributed by atoms with Crippen molar-refractivity contribution in [1.29, 1.82) is 0 Å². The molecular formula is C92H76F4N16O4S4. The number of urea groups is 4. The predicted octanol–water partition coefficient (Wildman–Crippen LogP) is 25.1. The van der Waals surface area contributed by atoms with Crippen molar-refractivity contribution in [1.82, 2.24) is 39.9 Å². The van der Waals surface area contributed by atoms with Crippen molar-refractivity contribution in [2.45, 2.75) is 55.4 Å². The fourth-order valence-electron chi connectivity index (χ4n) is 12.2. The molecule has 0 atom stereocenters. The molecule has 28 heteroatoms. The molecule has 8 aromatic heterocycles. The number of anilines is 8. The van der Waals surface area contributed by atoms with Crippen LogP contribution >= 0.6 is 45.3 Å². The van der Waals surface area contributed by atoms with Crippen molar-refractivity contribution in [3.8, 4) is 86.8 Å². The Bertz CT molecular complexity index is 6320. The summed E-state index contributed by atoms with van der Waals surface area (Å²) in [5.74, 6) is -2.05.